The number of unbranched alkanes of at least 4 members (excludes halogenated alkanes) is 1. The highest BCUT2D eigenvalue weighted by Crippen LogP contribution is 2.40. The molecule has 2 aromatic rings. The lowest BCUT2D eigenvalue weighted by atomic mass is 9.95. The van der Waals surface area contributed by atoms with Crippen molar-refractivity contribution in [2.75, 3.05) is 33.8 Å². The lowest BCUT2D eigenvalue weighted by Crippen LogP contribution is -2.33. The van der Waals surface area contributed by atoms with Crippen molar-refractivity contribution in [2.24, 2.45) is 0 Å². The minimum atomic E-state index is -0.711. The van der Waals surface area contributed by atoms with E-state index in [9.17, 15) is 14.7 Å². The van der Waals surface area contributed by atoms with Gasteiger partial charge in [0.2, 0.25) is 5.78 Å². The van der Waals surface area contributed by atoms with Gasteiger partial charge < -0.3 is 24.1 Å². The van der Waals surface area contributed by atoms with Crippen molar-refractivity contribution in [3.8, 4) is 5.75 Å². The predicted molar refractivity (Wildman–Crippen MR) is 122 cm³/mol. The summed E-state index contributed by atoms with van der Waals surface area (Å²) < 4.78 is 11.3. The molecular weight excluding hydrogens is 408 g/mol. The molecule has 1 aliphatic rings. The standard InChI is InChI=1S/C25H32N2O5/c1-5-6-15-31-19-10-7-9-18(16-19)22-21(23(28)20-12-11-17(2)32-20)24(29)25(30)27(22)14-8-13-26(3)4/h7,9-12,16,22,29H,5-6,8,13-15H2,1-4H3. The second-order valence-electron chi connectivity index (χ2n) is 8.33. The molecule has 1 atom stereocenters. The zero-order valence-corrected chi connectivity index (χ0v) is 19.3. The Morgan fingerprint density at radius 1 is 1.22 bits per heavy atom. The Morgan fingerprint density at radius 2 is 2.00 bits per heavy atom. The number of amides is 1. The van der Waals surface area contributed by atoms with Crippen LogP contribution in [0.25, 0.3) is 0 Å². The van der Waals surface area contributed by atoms with E-state index >= 15 is 0 Å². The zero-order chi connectivity index (χ0) is 23.3. The summed E-state index contributed by atoms with van der Waals surface area (Å²) in [6, 6.07) is 9.93. The van der Waals surface area contributed by atoms with E-state index in [0.29, 0.717) is 36.6 Å². The number of carbonyl (C=O) groups is 2. The van der Waals surface area contributed by atoms with Gasteiger partial charge in [-0.15, -0.1) is 0 Å². The zero-order valence-electron chi connectivity index (χ0n) is 19.3. The molecule has 1 aromatic carbocycles. The Labute approximate surface area is 189 Å². The molecule has 0 radical (unpaired) electrons. The van der Waals surface area contributed by atoms with Gasteiger partial charge in [-0.05, 0) is 70.2 Å². The summed E-state index contributed by atoms with van der Waals surface area (Å²) in [6.07, 6.45) is 2.66. The molecule has 1 amide bonds. The van der Waals surface area contributed by atoms with E-state index in [-0.39, 0.29) is 11.3 Å². The van der Waals surface area contributed by atoms with Gasteiger partial charge in [0.05, 0.1) is 18.2 Å². The third-order valence-corrected chi connectivity index (χ3v) is 5.46. The first-order chi connectivity index (χ1) is 15.3. The van der Waals surface area contributed by atoms with Crippen LogP contribution in [0, 0.1) is 6.92 Å². The number of rotatable bonds is 11. The van der Waals surface area contributed by atoms with Crippen molar-refractivity contribution in [3.05, 3.63) is 64.8 Å². The fourth-order valence-electron chi connectivity index (χ4n) is 3.82. The van der Waals surface area contributed by atoms with Crippen LogP contribution in [-0.4, -0.2) is 60.4 Å². The maximum absolute atomic E-state index is 13.3. The van der Waals surface area contributed by atoms with E-state index in [1.165, 1.54) is 0 Å². The van der Waals surface area contributed by atoms with Gasteiger partial charge in [-0.1, -0.05) is 25.5 Å². The topological polar surface area (TPSA) is 83.2 Å². The molecule has 0 bridgehead atoms. The average molecular weight is 441 g/mol. The fraction of sp³-hybridized carbons (Fsp3) is 0.440. The van der Waals surface area contributed by atoms with Crippen molar-refractivity contribution >= 4 is 11.7 Å². The first kappa shape index (κ1) is 23.6. The molecule has 2 heterocycles. The van der Waals surface area contributed by atoms with Crippen LogP contribution in [0.4, 0.5) is 0 Å². The number of Topliss-reactive ketones (excluding diaryl/α,β-unsaturated/α-hetero) is 1. The molecule has 1 aromatic heterocycles. The summed E-state index contributed by atoms with van der Waals surface area (Å²) in [4.78, 5) is 29.9. The normalized spacial score (nSPS) is 16.3. The molecular formula is C25H32N2O5. The summed E-state index contributed by atoms with van der Waals surface area (Å²) in [7, 11) is 3.93. The second-order valence-corrected chi connectivity index (χ2v) is 8.33. The van der Waals surface area contributed by atoms with Gasteiger partial charge in [-0.2, -0.15) is 0 Å². The highest BCUT2D eigenvalue weighted by Gasteiger charge is 2.44. The molecule has 0 fully saturated rings. The first-order valence-electron chi connectivity index (χ1n) is 11.1. The number of hydrogen-bond acceptors (Lipinski definition) is 6. The van der Waals surface area contributed by atoms with Crippen LogP contribution >= 0.6 is 0 Å². The van der Waals surface area contributed by atoms with E-state index in [2.05, 4.69) is 6.92 Å². The maximum Gasteiger partial charge on any atom is 0.290 e. The maximum atomic E-state index is 13.3. The van der Waals surface area contributed by atoms with Crippen LogP contribution in [0.3, 0.4) is 0 Å². The summed E-state index contributed by atoms with van der Waals surface area (Å²) in [5.41, 5.74) is 0.757. The largest absolute Gasteiger partial charge is 0.503 e. The van der Waals surface area contributed by atoms with E-state index in [1.54, 1.807) is 24.0 Å². The van der Waals surface area contributed by atoms with Crippen LogP contribution in [0.1, 0.15) is 54.1 Å². The molecule has 0 aliphatic carbocycles. The average Bonchev–Trinajstić information content (AvgIpc) is 3.30. The number of aliphatic hydroxyl groups excluding tert-OH is 1. The number of carbonyl (C=O) groups excluding carboxylic acids is 2. The van der Waals surface area contributed by atoms with Crippen molar-refractivity contribution in [1.82, 2.24) is 9.80 Å². The Kier molecular flexibility index (Phi) is 7.75. The van der Waals surface area contributed by atoms with E-state index in [0.717, 1.165) is 19.4 Å². The highest BCUT2D eigenvalue weighted by molar-refractivity contribution is 6.15. The van der Waals surface area contributed by atoms with Crippen LogP contribution in [-0.2, 0) is 4.79 Å². The minimum Gasteiger partial charge on any atom is -0.503 e. The van der Waals surface area contributed by atoms with Crippen LogP contribution in [0.15, 0.2) is 52.1 Å². The summed E-state index contributed by atoms with van der Waals surface area (Å²) in [5.74, 6) is -0.185. The number of ether oxygens (including phenoxy) is 1. The Bertz CT molecular complexity index is 992. The van der Waals surface area contributed by atoms with Crippen LogP contribution < -0.4 is 4.74 Å². The minimum absolute atomic E-state index is 0.0416. The summed E-state index contributed by atoms with van der Waals surface area (Å²) >= 11 is 0. The molecule has 32 heavy (non-hydrogen) atoms. The van der Waals surface area contributed by atoms with Crippen molar-refractivity contribution < 1.29 is 23.8 Å². The van der Waals surface area contributed by atoms with Gasteiger partial charge in [-0.25, -0.2) is 0 Å². The van der Waals surface area contributed by atoms with Gasteiger partial charge in [0, 0.05) is 6.54 Å². The molecule has 0 saturated carbocycles. The molecule has 1 aliphatic heterocycles. The van der Waals surface area contributed by atoms with Gasteiger partial charge in [0.1, 0.15) is 11.5 Å². The molecule has 172 valence electrons. The SMILES string of the molecule is CCCCOc1cccc(C2C(C(=O)c3ccc(C)o3)=C(O)C(=O)N2CCCN(C)C)c1. The number of aliphatic hydroxyl groups is 1. The predicted octanol–water partition coefficient (Wildman–Crippen LogP) is 4.30. The molecule has 7 heteroatoms. The monoisotopic (exact) mass is 440 g/mol. The number of ketones is 1. The third kappa shape index (κ3) is 5.22. The Hall–Kier alpha value is -3.06. The third-order valence-electron chi connectivity index (χ3n) is 5.46. The molecule has 7 nitrogen and oxygen atoms in total. The molecule has 0 saturated heterocycles. The number of aryl methyl sites for hydroxylation is 1. The van der Waals surface area contributed by atoms with Crippen molar-refractivity contribution in [3.63, 3.8) is 0 Å². The first-order valence-corrected chi connectivity index (χ1v) is 11.1. The summed E-state index contributed by atoms with van der Waals surface area (Å²) in [5, 5.41) is 10.7. The van der Waals surface area contributed by atoms with Gasteiger partial charge in [-0.3, -0.25) is 9.59 Å². The molecule has 1 N–H and O–H groups in total. The lowest BCUT2D eigenvalue weighted by molar-refractivity contribution is -0.129. The number of furan rings is 1. The van der Waals surface area contributed by atoms with Gasteiger partial charge >= 0.3 is 0 Å². The van der Waals surface area contributed by atoms with Gasteiger partial charge in [0.15, 0.2) is 11.5 Å². The number of hydrogen-bond donors (Lipinski definition) is 1. The van der Waals surface area contributed by atoms with Crippen LogP contribution in [0.2, 0.25) is 0 Å². The van der Waals surface area contributed by atoms with E-state index in [1.807, 2.05) is 43.3 Å². The van der Waals surface area contributed by atoms with Crippen LogP contribution in [0.5, 0.6) is 5.75 Å². The fourth-order valence-corrected chi connectivity index (χ4v) is 3.82. The Morgan fingerprint density at radius 3 is 2.66 bits per heavy atom. The van der Waals surface area contributed by atoms with Crippen molar-refractivity contribution in [2.45, 2.75) is 39.2 Å². The number of nitrogens with zero attached hydrogens (tertiary/aromatic N) is 2. The molecule has 1 unspecified atom stereocenters. The van der Waals surface area contributed by atoms with E-state index in [4.69, 9.17) is 9.15 Å². The molecule has 3 rings (SSSR count). The Balaban J connectivity index is 1.97. The smallest absolute Gasteiger partial charge is 0.290 e. The highest BCUT2D eigenvalue weighted by atomic mass is 16.5. The quantitative estimate of drug-likeness (QED) is 0.414. The second kappa shape index (κ2) is 10.5. The molecule has 0 spiro atoms. The summed E-state index contributed by atoms with van der Waals surface area (Å²) in [6.45, 7) is 5.61. The lowest BCUT2D eigenvalue weighted by Gasteiger charge is -2.27. The van der Waals surface area contributed by atoms with E-state index < -0.39 is 23.5 Å². The number of benzene rings is 1. The van der Waals surface area contributed by atoms with Gasteiger partial charge in [0.25, 0.3) is 5.91 Å². The van der Waals surface area contributed by atoms with Crippen molar-refractivity contribution in [1.29, 1.82) is 0 Å².